The van der Waals surface area contributed by atoms with Crippen molar-refractivity contribution in [3.63, 3.8) is 0 Å². The van der Waals surface area contributed by atoms with Crippen LogP contribution in [0.25, 0.3) is 10.8 Å². The van der Waals surface area contributed by atoms with E-state index in [1.807, 2.05) is 19.1 Å². The molecule has 0 spiro atoms. The Kier molecular flexibility index (Phi) is 7.47. The molecule has 1 aliphatic heterocycles. The summed E-state index contributed by atoms with van der Waals surface area (Å²) >= 11 is 0. The topological polar surface area (TPSA) is 71.0 Å². The van der Waals surface area contributed by atoms with Gasteiger partial charge in [0, 0.05) is 30.9 Å². The fraction of sp³-hybridized carbons (Fsp3) is 0.370. The minimum atomic E-state index is -0.975. The van der Waals surface area contributed by atoms with E-state index in [9.17, 15) is 4.79 Å². The Bertz CT molecular complexity index is 1100. The summed E-state index contributed by atoms with van der Waals surface area (Å²) in [5.74, 6) is -0.361. The SMILES string of the molecule is Cc1ccc(N2CCOC(CCNC(C)c3cccc4ccccc34)C2)cc1OCC(=O)O. The van der Waals surface area contributed by atoms with Gasteiger partial charge in [0.05, 0.1) is 12.7 Å². The molecule has 0 bridgehead atoms. The number of ether oxygens (including phenoxy) is 2. The molecule has 0 radical (unpaired) electrons. The summed E-state index contributed by atoms with van der Waals surface area (Å²) in [6.07, 6.45) is 1.05. The van der Waals surface area contributed by atoms with Gasteiger partial charge in [-0.05, 0) is 54.8 Å². The van der Waals surface area contributed by atoms with E-state index >= 15 is 0 Å². The van der Waals surface area contributed by atoms with Crippen LogP contribution < -0.4 is 15.0 Å². The van der Waals surface area contributed by atoms with Crippen LogP contribution in [0, 0.1) is 6.92 Å². The molecule has 6 heteroatoms. The molecule has 3 aromatic rings. The zero-order valence-electron chi connectivity index (χ0n) is 19.3. The van der Waals surface area contributed by atoms with Gasteiger partial charge in [-0.25, -0.2) is 4.79 Å². The van der Waals surface area contributed by atoms with Gasteiger partial charge in [0.2, 0.25) is 0 Å². The molecular formula is C27H32N2O4. The minimum Gasteiger partial charge on any atom is -0.482 e. The Morgan fingerprint density at radius 1 is 1.21 bits per heavy atom. The molecular weight excluding hydrogens is 416 g/mol. The second kappa shape index (κ2) is 10.7. The monoisotopic (exact) mass is 448 g/mol. The van der Waals surface area contributed by atoms with Crippen LogP contribution >= 0.6 is 0 Å². The molecule has 3 aromatic carbocycles. The van der Waals surface area contributed by atoms with E-state index in [1.165, 1.54) is 16.3 Å². The Hall–Kier alpha value is -3.09. The second-order valence-electron chi connectivity index (χ2n) is 8.60. The molecule has 1 saturated heterocycles. The second-order valence-corrected chi connectivity index (χ2v) is 8.60. The summed E-state index contributed by atoms with van der Waals surface area (Å²) in [6, 6.07) is 21.2. The van der Waals surface area contributed by atoms with Gasteiger partial charge in [-0.2, -0.15) is 0 Å². The van der Waals surface area contributed by atoms with Crippen molar-refractivity contribution in [3.8, 4) is 5.75 Å². The Balaban J connectivity index is 1.33. The molecule has 4 rings (SSSR count). The maximum absolute atomic E-state index is 10.9. The van der Waals surface area contributed by atoms with Gasteiger partial charge in [0.25, 0.3) is 0 Å². The summed E-state index contributed by atoms with van der Waals surface area (Å²) < 4.78 is 11.5. The Morgan fingerprint density at radius 3 is 2.88 bits per heavy atom. The third-order valence-corrected chi connectivity index (χ3v) is 6.23. The van der Waals surface area contributed by atoms with E-state index < -0.39 is 5.97 Å². The standard InChI is InChI=1S/C27H32N2O4/c1-19-10-11-22(16-26(19)33-18-27(30)31)29-14-15-32-23(17-29)12-13-28-20(2)24-9-5-7-21-6-3-4-8-25(21)24/h3-11,16,20,23,28H,12-15,17-18H2,1-2H3,(H,30,31). The van der Waals surface area contributed by atoms with Crippen molar-refractivity contribution in [1.82, 2.24) is 5.32 Å². The average Bonchev–Trinajstić information content (AvgIpc) is 2.83. The number of hydrogen-bond donors (Lipinski definition) is 2. The number of carbonyl (C=O) groups is 1. The maximum atomic E-state index is 10.9. The summed E-state index contributed by atoms with van der Waals surface area (Å²) in [5.41, 5.74) is 3.27. The van der Waals surface area contributed by atoms with E-state index in [4.69, 9.17) is 14.6 Å². The van der Waals surface area contributed by atoms with Crippen LogP contribution in [-0.2, 0) is 9.53 Å². The van der Waals surface area contributed by atoms with Crippen LogP contribution in [0.3, 0.4) is 0 Å². The molecule has 2 unspecified atom stereocenters. The number of nitrogens with zero attached hydrogens (tertiary/aromatic N) is 1. The fourth-order valence-electron chi connectivity index (χ4n) is 4.41. The van der Waals surface area contributed by atoms with Gasteiger partial charge in [-0.1, -0.05) is 48.5 Å². The zero-order valence-corrected chi connectivity index (χ0v) is 19.3. The number of carboxylic acid groups (broad SMARTS) is 1. The number of hydrogen-bond acceptors (Lipinski definition) is 5. The number of benzene rings is 3. The third kappa shape index (κ3) is 5.83. The van der Waals surface area contributed by atoms with Gasteiger partial charge < -0.3 is 24.8 Å². The van der Waals surface area contributed by atoms with Crippen molar-refractivity contribution in [1.29, 1.82) is 0 Å². The van der Waals surface area contributed by atoms with Crippen molar-refractivity contribution in [2.45, 2.75) is 32.4 Å². The van der Waals surface area contributed by atoms with Crippen LogP contribution in [0.15, 0.2) is 60.7 Å². The van der Waals surface area contributed by atoms with Crippen molar-refractivity contribution in [2.24, 2.45) is 0 Å². The number of morpholine rings is 1. The van der Waals surface area contributed by atoms with E-state index in [1.54, 1.807) is 0 Å². The van der Waals surface area contributed by atoms with Gasteiger partial charge in [0.1, 0.15) is 5.75 Å². The molecule has 0 saturated carbocycles. The average molecular weight is 449 g/mol. The largest absolute Gasteiger partial charge is 0.482 e. The normalized spacial score (nSPS) is 17.2. The lowest BCUT2D eigenvalue weighted by atomic mass is 9.99. The smallest absolute Gasteiger partial charge is 0.341 e. The zero-order chi connectivity index (χ0) is 23.2. The predicted molar refractivity (Wildman–Crippen MR) is 131 cm³/mol. The lowest BCUT2D eigenvalue weighted by Gasteiger charge is -2.35. The number of aliphatic carboxylic acids is 1. The summed E-state index contributed by atoms with van der Waals surface area (Å²) in [4.78, 5) is 13.1. The lowest BCUT2D eigenvalue weighted by molar-refractivity contribution is -0.139. The van der Waals surface area contributed by atoms with E-state index in [2.05, 4.69) is 65.7 Å². The predicted octanol–water partition coefficient (Wildman–Crippen LogP) is 4.56. The molecule has 33 heavy (non-hydrogen) atoms. The quantitative estimate of drug-likeness (QED) is 0.500. The van der Waals surface area contributed by atoms with Gasteiger partial charge >= 0.3 is 5.97 Å². The van der Waals surface area contributed by atoms with Gasteiger partial charge in [0.15, 0.2) is 6.61 Å². The van der Waals surface area contributed by atoms with Crippen LogP contribution in [-0.4, -0.2) is 50.0 Å². The third-order valence-electron chi connectivity index (χ3n) is 6.23. The summed E-state index contributed by atoms with van der Waals surface area (Å²) in [7, 11) is 0. The number of nitrogens with one attached hydrogen (secondary N) is 1. The number of aryl methyl sites for hydroxylation is 1. The van der Waals surface area contributed by atoms with E-state index in [0.717, 1.165) is 37.3 Å². The van der Waals surface area contributed by atoms with Crippen LogP contribution in [0.4, 0.5) is 5.69 Å². The van der Waals surface area contributed by atoms with Crippen molar-refractivity contribution in [3.05, 3.63) is 71.8 Å². The molecule has 6 nitrogen and oxygen atoms in total. The first-order chi connectivity index (χ1) is 16.0. The molecule has 1 heterocycles. The van der Waals surface area contributed by atoms with Crippen molar-refractivity contribution >= 4 is 22.4 Å². The molecule has 1 fully saturated rings. The molecule has 0 amide bonds. The summed E-state index contributed by atoms with van der Waals surface area (Å²) in [5, 5.41) is 15.1. The number of carboxylic acids is 1. The summed E-state index contributed by atoms with van der Waals surface area (Å²) in [6.45, 7) is 6.93. The number of fused-ring (bicyclic) bond motifs is 1. The fourth-order valence-corrected chi connectivity index (χ4v) is 4.41. The highest BCUT2D eigenvalue weighted by atomic mass is 16.5. The number of rotatable bonds is 9. The first-order valence-electron chi connectivity index (χ1n) is 11.5. The maximum Gasteiger partial charge on any atom is 0.341 e. The van der Waals surface area contributed by atoms with Gasteiger partial charge in [-0.15, -0.1) is 0 Å². The molecule has 0 aliphatic carbocycles. The van der Waals surface area contributed by atoms with E-state index in [-0.39, 0.29) is 18.8 Å². The minimum absolute atomic E-state index is 0.135. The molecule has 2 atom stereocenters. The lowest BCUT2D eigenvalue weighted by Crippen LogP contribution is -2.43. The number of anilines is 1. The van der Waals surface area contributed by atoms with Gasteiger partial charge in [-0.3, -0.25) is 0 Å². The Labute approximate surface area is 195 Å². The molecule has 0 aromatic heterocycles. The van der Waals surface area contributed by atoms with Crippen molar-refractivity contribution < 1.29 is 19.4 Å². The first kappa shape index (κ1) is 23.1. The molecule has 1 aliphatic rings. The molecule has 2 N–H and O–H groups in total. The first-order valence-corrected chi connectivity index (χ1v) is 11.5. The highest BCUT2D eigenvalue weighted by Gasteiger charge is 2.21. The Morgan fingerprint density at radius 2 is 2.03 bits per heavy atom. The van der Waals surface area contributed by atoms with Crippen molar-refractivity contribution in [2.75, 3.05) is 37.7 Å². The highest BCUT2D eigenvalue weighted by Crippen LogP contribution is 2.27. The molecule has 174 valence electrons. The highest BCUT2D eigenvalue weighted by molar-refractivity contribution is 5.86. The van der Waals surface area contributed by atoms with Crippen LogP contribution in [0.1, 0.15) is 30.5 Å². The van der Waals surface area contributed by atoms with Crippen LogP contribution in [0.5, 0.6) is 5.75 Å². The van der Waals surface area contributed by atoms with E-state index in [0.29, 0.717) is 12.4 Å². The van der Waals surface area contributed by atoms with Crippen LogP contribution in [0.2, 0.25) is 0 Å².